The Hall–Kier alpha value is -2.58. The van der Waals surface area contributed by atoms with Crippen LogP contribution in [0.15, 0.2) is 67.8 Å². The second-order valence-corrected chi connectivity index (χ2v) is 7.68. The molecule has 2 aromatic carbocycles. The molecule has 2 aromatic heterocycles. The summed E-state index contributed by atoms with van der Waals surface area (Å²) < 4.78 is 11.3. The third kappa shape index (κ3) is 3.81. The molecule has 0 spiro atoms. The molecule has 0 amide bonds. The molecular formula is C18H14N4O2S2. The van der Waals surface area contributed by atoms with E-state index in [9.17, 15) is 0 Å². The van der Waals surface area contributed by atoms with Gasteiger partial charge in [0.15, 0.2) is 0 Å². The Balaban J connectivity index is 1.42. The van der Waals surface area contributed by atoms with Crippen LogP contribution in [0.4, 0.5) is 0 Å². The minimum absolute atomic E-state index is 0.431. The van der Waals surface area contributed by atoms with Crippen LogP contribution in [0.25, 0.3) is 22.9 Å². The van der Waals surface area contributed by atoms with Gasteiger partial charge in [-0.2, -0.15) is 0 Å². The third-order valence-electron chi connectivity index (χ3n) is 3.59. The fourth-order valence-corrected chi connectivity index (χ4v) is 3.53. The second kappa shape index (κ2) is 7.35. The molecular weight excluding hydrogens is 368 g/mol. The summed E-state index contributed by atoms with van der Waals surface area (Å²) in [6, 6.07) is 15.8. The summed E-state index contributed by atoms with van der Waals surface area (Å²) in [4.78, 5) is 0. The zero-order chi connectivity index (χ0) is 17.9. The average molecular weight is 382 g/mol. The topological polar surface area (TPSA) is 77.8 Å². The predicted molar refractivity (Wildman–Crippen MR) is 101 cm³/mol. The minimum Gasteiger partial charge on any atom is -0.411 e. The van der Waals surface area contributed by atoms with Crippen molar-refractivity contribution in [3.8, 4) is 22.9 Å². The fourth-order valence-electron chi connectivity index (χ4n) is 2.18. The first kappa shape index (κ1) is 16.9. The first-order valence-corrected chi connectivity index (χ1v) is 9.98. The van der Waals surface area contributed by atoms with Crippen molar-refractivity contribution in [3.05, 3.63) is 59.7 Å². The molecule has 0 aliphatic carbocycles. The van der Waals surface area contributed by atoms with Gasteiger partial charge >= 0.3 is 0 Å². The Labute approximate surface area is 157 Å². The Morgan fingerprint density at radius 2 is 0.962 bits per heavy atom. The van der Waals surface area contributed by atoms with Crippen molar-refractivity contribution in [1.29, 1.82) is 0 Å². The van der Waals surface area contributed by atoms with E-state index in [1.54, 1.807) is 0 Å². The van der Waals surface area contributed by atoms with Gasteiger partial charge in [-0.3, -0.25) is 0 Å². The zero-order valence-corrected chi connectivity index (χ0v) is 15.7. The lowest BCUT2D eigenvalue weighted by atomic mass is 10.1. The normalized spacial score (nSPS) is 11.0. The molecule has 0 radical (unpaired) electrons. The maximum Gasteiger partial charge on any atom is 0.288 e. The molecule has 0 aliphatic heterocycles. The fraction of sp³-hybridized carbons (Fsp3) is 0.111. The molecule has 4 rings (SSSR count). The van der Waals surface area contributed by atoms with Gasteiger partial charge in [0.1, 0.15) is 0 Å². The maximum absolute atomic E-state index is 5.67. The minimum atomic E-state index is 0.431. The van der Waals surface area contributed by atoms with E-state index >= 15 is 0 Å². The monoisotopic (exact) mass is 382 g/mol. The third-order valence-corrected chi connectivity index (χ3v) is 5.40. The van der Waals surface area contributed by atoms with Gasteiger partial charge < -0.3 is 8.83 Å². The van der Waals surface area contributed by atoms with Crippen LogP contribution in [0.5, 0.6) is 0 Å². The Kier molecular flexibility index (Phi) is 4.77. The number of aromatic nitrogens is 4. The average Bonchev–Trinajstić information content (AvgIpc) is 3.31. The second-order valence-electron chi connectivity index (χ2n) is 5.64. The van der Waals surface area contributed by atoms with E-state index in [-0.39, 0.29) is 0 Å². The van der Waals surface area contributed by atoms with Crippen molar-refractivity contribution in [2.75, 3.05) is 0 Å². The van der Waals surface area contributed by atoms with E-state index in [0.717, 1.165) is 11.1 Å². The van der Waals surface area contributed by atoms with Gasteiger partial charge in [-0.15, -0.1) is 10.2 Å². The van der Waals surface area contributed by atoms with Crippen molar-refractivity contribution < 1.29 is 8.83 Å². The summed E-state index contributed by atoms with van der Waals surface area (Å²) in [6.07, 6.45) is 0. The maximum atomic E-state index is 5.67. The van der Waals surface area contributed by atoms with Crippen molar-refractivity contribution in [2.45, 2.75) is 24.3 Å². The number of hydrogen-bond acceptors (Lipinski definition) is 8. The van der Waals surface area contributed by atoms with Gasteiger partial charge in [-0.05, 0) is 38.1 Å². The van der Waals surface area contributed by atoms with Gasteiger partial charge in [0.05, 0.1) is 0 Å². The van der Waals surface area contributed by atoms with Crippen LogP contribution in [0.2, 0.25) is 0 Å². The van der Waals surface area contributed by atoms with Crippen LogP contribution >= 0.6 is 21.6 Å². The highest BCUT2D eigenvalue weighted by molar-refractivity contribution is 8.76. The van der Waals surface area contributed by atoms with E-state index in [1.807, 2.05) is 62.4 Å². The smallest absolute Gasteiger partial charge is 0.288 e. The summed E-state index contributed by atoms with van der Waals surface area (Å²) in [7, 11) is 2.57. The Bertz CT molecular complexity index is 927. The van der Waals surface area contributed by atoms with Crippen molar-refractivity contribution in [3.63, 3.8) is 0 Å². The van der Waals surface area contributed by atoms with E-state index in [2.05, 4.69) is 20.4 Å². The largest absolute Gasteiger partial charge is 0.411 e. The van der Waals surface area contributed by atoms with Crippen LogP contribution in [-0.2, 0) is 0 Å². The van der Waals surface area contributed by atoms with Crippen LogP contribution < -0.4 is 0 Å². The molecule has 0 atom stereocenters. The first-order chi connectivity index (χ1) is 12.7. The molecule has 0 unspecified atom stereocenters. The highest BCUT2D eigenvalue weighted by Crippen LogP contribution is 2.37. The molecule has 26 heavy (non-hydrogen) atoms. The van der Waals surface area contributed by atoms with E-state index in [0.29, 0.717) is 22.2 Å². The van der Waals surface area contributed by atoms with Crippen molar-refractivity contribution in [1.82, 2.24) is 20.4 Å². The summed E-state index contributed by atoms with van der Waals surface area (Å²) in [6.45, 7) is 4.07. The number of rotatable bonds is 5. The summed E-state index contributed by atoms with van der Waals surface area (Å²) in [5.41, 5.74) is 4.14. The highest BCUT2D eigenvalue weighted by Gasteiger charge is 2.13. The summed E-state index contributed by atoms with van der Waals surface area (Å²) in [5, 5.41) is 17.1. The van der Waals surface area contributed by atoms with E-state index < -0.39 is 0 Å². The van der Waals surface area contributed by atoms with Crippen LogP contribution in [0.1, 0.15) is 11.1 Å². The molecule has 6 nitrogen and oxygen atoms in total. The standard InChI is InChI=1S/C18H14N4O2S2/c1-11-3-7-13(8-4-11)15-19-21-17(23-15)25-26-18-22-20-16(24-18)14-9-5-12(2)6-10-14/h3-10H,1-2H3. The van der Waals surface area contributed by atoms with Crippen LogP contribution in [0.3, 0.4) is 0 Å². The quantitative estimate of drug-likeness (QED) is 0.436. The summed E-state index contributed by atoms with van der Waals surface area (Å²) in [5.74, 6) is 0.970. The van der Waals surface area contributed by atoms with Crippen molar-refractivity contribution >= 4 is 21.6 Å². The molecule has 0 saturated carbocycles. The van der Waals surface area contributed by atoms with Crippen LogP contribution in [0, 0.1) is 13.8 Å². The molecule has 130 valence electrons. The highest BCUT2D eigenvalue weighted by atomic mass is 33.1. The van der Waals surface area contributed by atoms with Crippen molar-refractivity contribution in [2.24, 2.45) is 0 Å². The molecule has 2 heterocycles. The first-order valence-electron chi connectivity index (χ1n) is 7.83. The zero-order valence-electron chi connectivity index (χ0n) is 14.0. The van der Waals surface area contributed by atoms with Gasteiger partial charge in [-0.1, -0.05) is 45.6 Å². The summed E-state index contributed by atoms with van der Waals surface area (Å²) >= 11 is 0. The molecule has 4 aromatic rings. The molecule has 0 bridgehead atoms. The van der Waals surface area contributed by atoms with Gasteiger partial charge in [0.2, 0.25) is 11.8 Å². The lowest BCUT2D eigenvalue weighted by Crippen LogP contribution is -1.77. The molecule has 0 N–H and O–H groups in total. The van der Waals surface area contributed by atoms with E-state index in [4.69, 9.17) is 8.83 Å². The Morgan fingerprint density at radius 1 is 0.577 bits per heavy atom. The number of aryl methyl sites for hydroxylation is 2. The number of benzene rings is 2. The van der Waals surface area contributed by atoms with E-state index in [1.165, 1.54) is 32.7 Å². The lowest BCUT2D eigenvalue weighted by molar-refractivity contribution is 0.464. The Morgan fingerprint density at radius 3 is 1.35 bits per heavy atom. The molecule has 8 heteroatoms. The van der Waals surface area contributed by atoms with Gasteiger partial charge in [0.25, 0.3) is 10.4 Å². The van der Waals surface area contributed by atoms with Gasteiger partial charge in [-0.25, -0.2) is 0 Å². The predicted octanol–water partition coefficient (Wildman–Crippen LogP) is 5.20. The van der Waals surface area contributed by atoms with Gasteiger partial charge in [0, 0.05) is 32.7 Å². The number of hydrogen-bond donors (Lipinski definition) is 0. The molecule has 0 saturated heterocycles. The lowest BCUT2D eigenvalue weighted by Gasteiger charge is -1.95. The number of nitrogens with zero attached hydrogens (tertiary/aromatic N) is 4. The van der Waals surface area contributed by atoms with Crippen LogP contribution in [-0.4, -0.2) is 20.4 Å². The molecule has 0 fully saturated rings. The molecule has 0 aliphatic rings. The SMILES string of the molecule is Cc1ccc(-c2nnc(SSc3nnc(-c4ccc(C)cc4)o3)o2)cc1.